The van der Waals surface area contributed by atoms with E-state index in [1.54, 1.807) is 13.0 Å². The summed E-state index contributed by atoms with van der Waals surface area (Å²) in [5.74, 6) is -1.02. The molecule has 13 heteroatoms. The van der Waals surface area contributed by atoms with Crippen molar-refractivity contribution in [3.63, 3.8) is 0 Å². The lowest BCUT2D eigenvalue weighted by Gasteiger charge is -2.21. The Bertz CT molecular complexity index is 1300. The van der Waals surface area contributed by atoms with Crippen LogP contribution in [0.15, 0.2) is 56.4 Å². The van der Waals surface area contributed by atoms with Crippen molar-refractivity contribution in [2.45, 2.75) is 16.7 Å². The lowest BCUT2D eigenvalue weighted by molar-refractivity contribution is 0.376. The van der Waals surface area contributed by atoms with Crippen LogP contribution in [0, 0.1) is 6.92 Å². The minimum absolute atomic E-state index is 0.0288. The van der Waals surface area contributed by atoms with E-state index in [0.29, 0.717) is 0 Å². The molecule has 30 heavy (non-hydrogen) atoms. The molecule has 3 rings (SSSR count). The van der Waals surface area contributed by atoms with Crippen molar-refractivity contribution in [1.82, 2.24) is 0 Å². The predicted molar refractivity (Wildman–Crippen MR) is 111 cm³/mol. The van der Waals surface area contributed by atoms with Crippen LogP contribution in [0.4, 0.5) is 17.1 Å². The Balaban J connectivity index is 2.31. The molecule has 0 aromatic heterocycles. The van der Waals surface area contributed by atoms with Crippen molar-refractivity contribution >= 4 is 48.8 Å². The van der Waals surface area contributed by atoms with Gasteiger partial charge in [0.05, 0.1) is 4.90 Å². The monoisotopic (exact) mass is 455 g/mol. The number of nitrogens with two attached hydrogens (primary N) is 1. The quantitative estimate of drug-likeness (QED) is 0.169. The Morgan fingerprint density at radius 3 is 2.17 bits per heavy atom. The van der Waals surface area contributed by atoms with Crippen LogP contribution in [0.2, 0.25) is 0 Å². The van der Waals surface area contributed by atoms with Crippen LogP contribution < -0.4 is 5.73 Å². The SMILES string of the molecule is Cc1ccc(N=Nc2c(S(=O)(=O)O)cc3cc(S(O)(O)O)cc(N)c3c2O)c(O)c1. The average molecular weight is 455 g/mol. The fraction of sp³-hybridized carbons (Fsp3) is 0.0588. The molecule has 0 unspecified atom stereocenters. The number of rotatable bonds is 4. The number of hydrogen-bond donors (Lipinski definition) is 7. The lowest BCUT2D eigenvalue weighted by Crippen LogP contribution is -2.02. The largest absolute Gasteiger partial charge is 0.506 e. The third-order valence-corrected chi connectivity index (χ3v) is 5.87. The maximum Gasteiger partial charge on any atom is 0.296 e. The number of benzene rings is 3. The van der Waals surface area contributed by atoms with Gasteiger partial charge in [-0.2, -0.15) is 8.42 Å². The van der Waals surface area contributed by atoms with Crippen LogP contribution in [0.3, 0.4) is 0 Å². The minimum Gasteiger partial charge on any atom is -0.506 e. The van der Waals surface area contributed by atoms with Gasteiger partial charge in [0.2, 0.25) is 0 Å². The highest BCUT2D eigenvalue weighted by atomic mass is 32.3. The summed E-state index contributed by atoms with van der Waals surface area (Å²) in [5.41, 5.74) is 5.65. The zero-order chi connectivity index (χ0) is 22.4. The van der Waals surface area contributed by atoms with Gasteiger partial charge >= 0.3 is 0 Å². The fourth-order valence-corrected chi connectivity index (χ4v) is 3.99. The number of aryl methyl sites for hydroxylation is 1. The molecule has 3 aromatic carbocycles. The van der Waals surface area contributed by atoms with E-state index in [9.17, 15) is 36.8 Å². The molecule has 160 valence electrons. The second-order valence-electron chi connectivity index (χ2n) is 6.37. The van der Waals surface area contributed by atoms with Crippen molar-refractivity contribution in [1.29, 1.82) is 0 Å². The van der Waals surface area contributed by atoms with Crippen LogP contribution in [0.5, 0.6) is 11.5 Å². The number of aromatic hydroxyl groups is 2. The Kier molecular flexibility index (Phi) is 5.36. The van der Waals surface area contributed by atoms with E-state index in [-0.39, 0.29) is 27.9 Å². The van der Waals surface area contributed by atoms with Gasteiger partial charge in [0.1, 0.15) is 32.9 Å². The van der Waals surface area contributed by atoms with E-state index in [0.717, 1.165) is 23.8 Å². The minimum atomic E-state index is -4.93. The zero-order valence-corrected chi connectivity index (χ0v) is 16.9. The van der Waals surface area contributed by atoms with Gasteiger partial charge in [0.25, 0.3) is 10.1 Å². The number of fused-ring (bicyclic) bond motifs is 1. The summed E-state index contributed by atoms with van der Waals surface area (Å²) in [5, 5.41) is 27.7. The average Bonchev–Trinajstić information content (AvgIpc) is 2.60. The highest BCUT2D eigenvalue weighted by Gasteiger charge is 2.25. The van der Waals surface area contributed by atoms with Gasteiger partial charge in [0.15, 0.2) is 5.75 Å². The fourth-order valence-electron chi connectivity index (χ4n) is 2.76. The number of nitrogens with zero attached hydrogens (tertiary/aromatic N) is 2. The summed E-state index contributed by atoms with van der Waals surface area (Å²) in [6.45, 7) is 1.73. The van der Waals surface area contributed by atoms with E-state index in [1.807, 2.05) is 0 Å². The number of phenolic OH excluding ortho intramolecular Hbond substituents is 2. The van der Waals surface area contributed by atoms with Crippen LogP contribution in [0.1, 0.15) is 5.56 Å². The van der Waals surface area contributed by atoms with Gasteiger partial charge in [-0.1, -0.05) is 6.07 Å². The van der Waals surface area contributed by atoms with E-state index in [1.165, 1.54) is 12.1 Å². The van der Waals surface area contributed by atoms with Crippen molar-refractivity contribution < 1.29 is 36.8 Å². The summed E-state index contributed by atoms with van der Waals surface area (Å²) in [6.07, 6.45) is 0. The Morgan fingerprint density at radius 1 is 0.933 bits per heavy atom. The molecule has 0 bridgehead atoms. The maximum absolute atomic E-state index is 11.9. The molecule has 8 N–H and O–H groups in total. The molecule has 11 nitrogen and oxygen atoms in total. The first-order valence-corrected chi connectivity index (χ1v) is 11.0. The van der Waals surface area contributed by atoms with Crippen LogP contribution in [-0.4, -0.2) is 36.8 Å². The first-order chi connectivity index (χ1) is 13.8. The number of anilines is 1. The second-order valence-corrected chi connectivity index (χ2v) is 9.27. The standard InChI is InChI=1S/C17H17N3O8S2/c1-8-2-3-12(13(21)4-8)19-20-16-14(30(26,27)28)6-9-5-10(29(23,24)25)7-11(18)15(9)17(16)22/h2-7,21-25H,18H2,1H3,(H,26,27,28). The molecule has 0 radical (unpaired) electrons. The summed E-state index contributed by atoms with van der Waals surface area (Å²) < 4.78 is 61.6. The Hall–Kier alpha value is -2.94. The van der Waals surface area contributed by atoms with Crippen molar-refractivity contribution in [3.8, 4) is 11.5 Å². The Labute approximate surface area is 172 Å². The highest BCUT2D eigenvalue weighted by molar-refractivity contribution is 8.19. The summed E-state index contributed by atoms with van der Waals surface area (Å²) in [7, 11) is -9.11. The molecule has 0 aliphatic heterocycles. The number of phenols is 2. The molecule has 3 aromatic rings. The van der Waals surface area contributed by atoms with Gasteiger partial charge in [-0.15, -0.1) is 10.2 Å². The molecule has 0 fully saturated rings. The van der Waals surface area contributed by atoms with Crippen molar-refractivity contribution in [2.24, 2.45) is 10.2 Å². The van der Waals surface area contributed by atoms with Gasteiger partial charge < -0.3 is 29.6 Å². The second kappa shape index (κ2) is 7.39. The van der Waals surface area contributed by atoms with Crippen molar-refractivity contribution in [2.75, 3.05) is 5.73 Å². The summed E-state index contributed by atoms with van der Waals surface area (Å²) >= 11 is 0. The van der Waals surface area contributed by atoms with Crippen LogP contribution in [-0.2, 0) is 10.1 Å². The Morgan fingerprint density at radius 2 is 1.60 bits per heavy atom. The molecule has 0 amide bonds. The van der Waals surface area contributed by atoms with Gasteiger partial charge in [-0.05, 0) is 48.2 Å². The molecule has 0 aliphatic rings. The summed E-state index contributed by atoms with van der Waals surface area (Å²) in [6, 6.07) is 7.26. The van der Waals surface area contributed by atoms with Gasteiger partial charge in [-0.25, -0.2) is 0 Å². The van der Waals surface area contributed by atoms with Gasteiger partial charge in [0, 0.05) is 11.1 Å². The maximum atomic E-state index is 11.9. The zero-order valence-electron chi connectivity index (χ0n) is 15.3. The molecule has 0 aliphatic carbocycles. The molecule has 0 saturated carbocycles. The number of azo groups is 1. The van der Waals surface area contributed by atoms with Gasteiger partial charge in [-0.3, -0.25) is 4.55 Å². The summed E-state index contributed by atoms with van der Waals surface area (Å²) in [4.78, 5) is -1.28. The third kappa shape index (κ3) is 4.16. The molecule has 0 spiro atoms. The molecule has 0 atom stereocenters. The first-order valence-electron chi connectivity index (χ1n) is 8.08. The van der Waals surface area contributed by atoms with E-state index in [4.69, 9.17) is 5.73 Å². The molecule has 0 saturated heterocycles. The van der Waals surface area contributed by atoms with E-state index in [2.05, 4.69) is 10.2 Å². The molecular formula is C17H17N3O8S2. The predicted octanol–water partition coefficient (Wildman–Crippen LogP) is 4.39. The number of nitrogen functional groups attached to an aromatic ring is 1. The number of hydrogen-bond acceptors (Lipinski definition) is 10. The van der Waals surface area contributed by atoms with Crippen molar-refractivity contribution in [3.05, 3.63) is 42.0 Å². The van der Waals surface area contributed by atoms with E-state index < -0.39 is 42.2 Å². The lowest BCUT2D eigenvalue weighted by atomic mass is 10.1. The van der Waals surface area contributed by atoms with Crippen LogP contribution in [0.25, 0.3) is 10.8 Å². The highest BCUT2D eigenvalue weighted by Crippen LogP contribution is 2.49. The third-order valence-electron chi connectivity index (χ3n) is 4.14. The van der Waals surface area contributed by atoms with Crippen LogP contribution >= 0.6 is 10.9 Å². The normalized spacial score (nSPS) is 13.2. The molecular weight excluding hydrogens is 438 g/mol. The van der Waals surface area contributed by atoms with E-state index >= 15 is 0 Å². The first kappa shape index (κ1) is 21.8. The topological polar surface area (TPSA) is 206 Å². The molecule has 0 heterocycles. The smallest absolute Gasteiger partial charge is 0.296 e.